The van der Waals surface area contributed by atoms with Gasteiger partial charge in [0.05, 0.1) is 11.8 Å². The fourth-order valence-corrected chi connectivity index (χ4v) is 7.17. The second kappa shape index (κ2) is 7.97. The van der Waals surface area contributed by atoms with Gasteiger partial charge in [0.2, 0.25) is 5.91 Å². The van der Waals surface area contributed by atoms with Gasteiger partial charge in [0.15, 0.2) is 5.13 Å². The number of rotatable bonds is 4. The van der Waals surface area contributed by atoms with Gasteiger partial charge >= 0.3 is 0 Å². The summed E-state index contributed by atoms with van der Waals surface area (Å²) in [5.41, 5.74) is 8.20. The number of anilines is 1. The summed E-state index contributed by atoms with van der Waals surface area (Å²) in [5.74, 6) is 0.101. The first-order chi connectivity index (χ1) is 14.2. The van der Waals surface area contributed by atoms with Gasteiger partial charge < -0.3 is 15.7 Å². The number of carbonyl (C=O) groups is 1. The highest BCUT2D eigenvalue weighted by Crippen LogP contribution is 2.57. The summed E-state index contributed by atoms with van der Waals surface area (Å²) in [4.78, 5) is 20.9. The van der Waals surface area contributed by atoms with E-state index in [4.69, 9.17) is 5.73 Å². The largest absolute Gasteiger partial charge is 0.392 e. The lowest BCUT2D eigenvalue weighted by Crippen LogP contribution is -2.53. The lowest BCUT2D eigenvalue weighted by atomic mass is 9.53. The molecule has 1 unspecified atom stereocenters. The minimum Gasteiger partial charge on any atom is -0.392 e. The molecule has 2 aliphatic rings. The Kier molecular flexibility index (Phi) is 5.66. The van der Waals surface area contributed by atoms with Crippen molar-refractivity contribution in [2.24, 2.45) is 23.2 Å². The van der Waals surface area contributed by atoms with Crippen molar-refractivity contribution in [3.8, 4) is 0 Å². The molecule has 6 atom stereocenters. The fraction of sp³-hybridized carbons (Fsp3) is 0.583. The molecule has 0 saturated heterocycles. The zero-order valence-electron chi connectivity index (χ0n) is 18.3. The monoisotopic (exact) mass is 427 g/mol. The lowest BCUT2D eigenvalue weighted by Gasteiger charge is -2.53. The zero-order valence-corrected chi connectivity index (χ0v) is 19.2. The zero-order chi connectivity index (χ0) is 21.6. The predicted octanol–water partition coefficient (Wildman–Crippen LogP) is 4.07. The molecule has 2 aromatic rings. The second-order valence-corrected chi connectivity index (χ2v) is 10.8. The van der Waals surface area contributed by atoms with Gasteiger partial charge in [0.1, 0.15) is 0 Å². The Morgan fingerprint density at radius 3 is 2.80 bits per heavy atom. The van der Waals surface area contributed by atoms with Crippen LogP contribution < -0.4 is 5.73 Å². The van der Waals surface area contributed by atoms with E-state index in [1.165, 1.54) is 4.88 Å². The Hall–Kier alpha value is -1.92. The summed E-state index contributed by atoms with van der Waals surface area (Å²) in [5, 5.41) is 12.1. The van der Waals surface area contributed by atoms with E-state index in [9.17, 15) is 9.90 Å². The summed E-state index contributed by atoms with van der Waals surface area (Å²) in [7, 11) is 1.86. The maximum Gasteiger partial charge on any atom is 0.225 e. The molecule has 1 heterocycles. The van der Waals surface area contributed by atoms with Crippen molar-refractivity contribution in [1.82, 2.24) is 9.88 Å². The summed E-state index contributed by atoms with van der Waals surface area (Å²) < 4.78 is 0. The van der Waals surface area contributed by atoms with Crippen molar-refractivity contribution < 1.29 is 9.90 Å². The van der Waals surface area contributed by atoms with Crippen LogP contribution >= 0.6 is 11.3 Å². The number of aliphatic hydroxyl groups is 1. The molecule has 0 bridgehead atoms. The molecule has 30 heavy (non-hydrogen) atoms. The average Bonchev–Trinajstić information content (AvgIpc) is 3.07. The van der Waals surface area contributed by atoms with Crippen LogP contribution in [0.2, 0.25) is 0 Å². The van der Waals surface area contributed by atoms with Gasteiger partial charge in [-0.15, -0.1) is 11.3 Å². The maximum atomic E-state index is 13.2. The van der Waals surface area contributed by atoms with Crippen LogP contribution in [0.3, 0.4) is 0 Å². The number of nitrogen functional groups attached to an aromatic ring is 1. The summed E-state index contributed by atoms with van der Waals surface area (Å²) >= 11 is 1.59. The molecule has 5 nitrogen and oxygen atoms in total. The molecular weight excluding hydrogens is 394 g/mol. The number of nitrogens with zero attached hydrogens (tertiary/aromatic N) is 2. The van der Waals surface area contributed by atoms with Gasteiger partial charge in [-0.1, -0.05) is 51.1 Å². The van der Waals surface area contributed by atoms with Crippen LogP contribution in [0.1, 0.15) is 55.7 Å². The first-order valence-electron chi connectivity index (χ1n) is 10.9. The van der Waals surface area contributed by atoms with Gasteiger partial charge in [0, 0.05) is 30.3 Å². The Balaban J connectivity index is 1.51. The third-order valence-electron chi connectivity index (χ3n) is 7.61. The van der Waals surface area contributed by atoms with Crippen LogP contribution in [0, 0.1) is 23.2 Å². The highest BCUT2D eigenvalue weighted by Gasteiger charge is 2.54. The number of hydrogen-bond acceptors (Lipinski definition) is 5. The smallest absolute Gasteiger partial charge is 0.225 e. The average molecular weight is 428 g/mol. The summed E-state index contributed by atoms with van der Waals surface area (Å²) in [6.07, 6.45) is 2.29. The topological polar surface area (TPSA) is 79.5 Å². The Morgan fingerprint density at radius 1 is 1.40 bits per heavy atom. The lowest BCUT2D eigenvalue weighted by molar-refractivity contribution is -0.144. The van der Waals surface area contributed by atoms with Crippen LogP contribution in [-0.2, 0) is 17.8 Å². The maximum absolute atomic E-state index is 13.2. The number of nitrogens with two attached hydrogens (primary N) is 1. The highest BCUT2D eigenvalue weighted by molar-refractivity contribution is 7.15. The molecule has 3 N–H and O–H groups in total. The molecule has 1 saturated carbocycles. The van der Waals surface area contributed by atoms with E-state index in [0.717, 1.165) is 30.5 Å². The number of aliphatic hydroxyl groups excluding tert-OH is 1. The number of fused-ring (bicyclic) bond motifs is 2. The van der Waals surface area contributed by atoms with E-state index < -0.39 is 6.10 Å². The second-order valence-electron chi connectivity index (χ2n) is 9.67. The number of thiazole rings is 1. The van der Waals surface area contributed by atoms with E-state index in [0.29, 0.717) is 11.7 Å². The molecule has 2 aliphatic carbocycles. The van der Waals surface area contributed by atoms with E-state index in [2.05, 4.69) is 18.8 Å². The van der Waals surface area contributed by atoms with Crippen molar-refractivity contribution in [1.29, 1.82) is 0 Å². The highest BCUT2D eigenvalue weighted by atomic mass is 32.1. The molecule has 1 aromatic heterocycles. The van der Waals surface area contributed by atoms with Crippen molar-refractivity contribution in [2.45, 2.75) is 58.6 Å². The molecular formula is C24H33N3O2S. The predicted molar refractivity (Wildman–Crippen MR) is 121 cm³/mol. The van der Waals surface area contributed by atoms with Gasteiger partial charge in [-0.3, -0.25) is 4.79 Å². The molecule has 4 rings (SSSR count). The van der Waals surface area contributed by atoms with Gasteiger partial charge in [-0.25, -0.2) is 4.98 Å². The molecule has 0 radical (unpaired) electrons. The van der Waals surface area contributed by atoms with Crippen molar-refractivity contribution >= 4 is 22.4 Å². The minimum absolute atomic E-state index is 0.0278. The molecule has 0 aliphatic heterocycles. The number of amides is 1. The van der Waals surface area contributed by atoms with E-state index in [1.54, 1.807) is 16.2 Å². The van der Waals surface area contributed by atoms with Crippen molar-refractivity contribution in [3.05, 3.63) is 46.5 Å². The first kappa shape index (κ1) is 21.3. The molecule has 1 aromatic carbocycles. The standard InChI is InChI=1S/C24H33N3O2S/c1-14(22(29)27(4)13-16-8-6-5-7-9-16)17-10-11-24(3)12-18-20(26-23(25)30-18)15(2)19(24)21(17)28/h5-9,14-15,17,19,21,28H,10-13H2,1-4H3,(H2,25,26)/t14-,15-,17?,19+,21-,24-/m0/s1. The normalized spacial score (nSPS) is 31.5. The fourth-order valence-electron chi connectivity index (χ4n) is 6.03. The third-order valence-corrected chi connectivity index (χ3v) is 8.51. The number of benzene rings is 1. The van der Waals surface area contributed by atoms with Crippen molar-refractivity contribution in [3.63, 3.8) is 0 Å². The van der Waals surface area contributed by atoms with Gasteiger partial charge in [-0.2, -0.15) is 0 Å². The van der Waals surface area contributed by atoms with Gasteiger partial charge in [0.25, 0.3) is 0 Å². The number of carbonyl (C=O) groups excluding carboxylic acids is 1. The summed E-state index contributed by atoms with van der Waals surface area (Å²) in [6.45, 7) is 7.03. The molecule has 0 spiro atoms. The van der Waals surface area contributed by atoms with Crippen LogP contribution in [0.25, 0.3) is 0 Å². The van der Waals surface area contributed by atoms with Crippen molar-refractivity contribution in [2.75, 3.05) is 12.8 Å². The Bertz CT molecular complexity index is 914. The Labute approximate surface area is 183 Å². The van der Waals surface area contributed by atoms with Crippen LogP contribution in [-0.4, -0.2) is 34.0 Å². The van der Waals surface area contributed by atoms with Gasteiger partial charge in [-0.05, 0) is 42.1 Å². The Morgan fingerprint density at radius 2 is 2.10 bits per heavy atom. The molecule has 1 fully saturated rings. The molecule has 1 amide bonds. The van der Waals surface area contributed by atoms with Crippen LogP contribution in [0.15, 0.2) is 30.3 Å². The van der Waals surface area contributed by atoms with Crippen LogP contribution in [0.5, 0.6) is 0 Å². The molecule has 6 heteroatoms. The first-order valence-corrected chi connectivity index (χ1v) is 11.7. The van der Waals surface area contributed by atoms with E-state index >= 15 is 0 Å². The quantitative estimate of drug-likeness (QED) is 0.771. The molecule has 162 valence electrons. The third kappa shape index (κ3) is 3.65. The van der Waals surface area contributed by atoms with E-state index in [1.807, 2.05) is 44.3 Å². The SMILES string of the molecule is C[C@H](C(=O)N(C)Cc1ccccc1)C1CC[C@@]2(C)Cc3sc(N)nc3[C@@H](C)[C@@H]2[C@H]1O. The van der Waals surface area contributed by atoms with Crippen LogP contribution in [0.4, 0.5) is 5.13 Å². The minimum atomic E-state index is -0.515. The number of aromatic nitrogens is 1. The van der Waals surface area contributed by atoms with E-state index in [-0.39, 0.29) is 35.0 Å². The number of hydrogen-bond donors (Lipinski definition) is 2. The summed E-state index contributed by atoms with van der Waals surface area (Å²) in [6, 6.07) is 10.0.